The molecule has 1 atom stereocenters. The first-order chi connectivity index (χ1) is 10.3. The van der Waals surface area contributed by atoms with E-state index in [0.29, 0.717) is 19.6 Å². The van der Waals surface area contributed by atoms with Crippen LogP contribution in [0.1, 0.15) is 11.1 Å². The van der Waals surface area contributed by atoms with Gasteiger partial charge in [-0.25, -0.2) is 4.79 Å². The number of fused-ring (bicyclic) bond motifs is 1. The van der Waals surface area contributed by atoms with Crippen LogP contribution in [0, 0.1) is 0 Å². The van der Waals surface area contributed by atoms with Gasteiger partial charge in [0.05, 0.1) is 11.6 Å². The van der Waals surface area contributed by atoms with Crippen molar-refractivity contribution in [3.05, 3.63) is 35.4 Å². The van der Waals surface area contributed by atoms with Crippen LogP contribution in [0.2, 0.25) is 0 Å². The summed E-state index contributed by atoms with van der Waals surface area (Å²) in [5.41, 5.74) is 0.239. The van der Waals surface area contributed by atoms with Gasteiger partial charge in [0.25, 0.3) is 0 Å². The van der Waals surface area contributed by atoms with Gasteiger partial charge in [0, 0.05) is 39.8 Å². The number of hydrogen-bond donors (Lipinski definition) is 0. The summed E-state index contributed by atoms with van der Waals surface area (Å²) in [5.74, 6) is 0. The van der Waals surface area contributed by atoms with Crippen LogP contribution in [0.5, 0.6) is 0 Å². The summed E-state index contributed by atoms with van der Waals surface area (Å²) in [4.78, 5) is 17.6. The second-order valence-corrected chi connectivity index (χ2v) is 5.94. The molecule has 2 amide bonds. The molecule has 0 spiro atoms. The molecular formula is C15H18F3N3O. The molecular weight excluding hydrogens is 295 g/mol. The van der Waals surface area contributed by atoms with Crippen molar-refractivity contribution in [1.29, 1.82) is 0 Å². The van der Waals surface area contributed by atoms with Crippen LogP contribution in [0.4, 0.5) is 18.0 Å². The van der Waals surface area contributed by atoms with Crippen LogP contribution in [0.25, 0.3) is 0 Å². The fourth-order valence-corrected chi connectivity index (χ4v) is 3.14. The molecule has 0 saturated carbocycles. The number of benzene rings is 1. The molecule has 2 saturated heterocycles. The van der Waals surface area contributed by atoms with E-state index in [-0.39, 0.29) is 12.1 Å². The Labute approximate surface area is 127 Å². The van der Waals surface area contributed by atoms with E-state index < -0.39 is 11.7 Å². The monoisotopic (exact) mass is 313 g/mol. The van der Waals surface area contributed by atoms with Gasteiger partial charge in [0.1, 0.15) is 0 Å². The number of alkyl halides is 3. The van der Waals surface area contributed by atoms with Gasteiger partial charge in [0.2, 0.25) is 0 Å². The maximum absolute atomic E-state index is 12.5. The fourth-order valence-electron chi connectivity index (χ4n) is 3.14. The normalized spacial score (nSPS) is 23.1. The predicted molar refractivity (Wildman–Crippen MR) is 75.2 cm³/mol. The Balaban J connectivity index is 1.62. The number of amides is 2. The summed E-state index contributed by atoms with van der Waals surface area (Å²) in [6.07, 6.45) is -4.29. The van der Waals surface area contributed by atoms with Crippen LogP contribution in [-0.4, -0.2) is 60.0 Å². The number of rotatable bonds is 2. The van der Waals surface area contributed by atoms with E-state index in [9.17, 15) is 18.0 Å². The van der Waals surface area contributed by atoms with Gasteiger partial charge in [-0.3, -0.25) is 4.90 Å². The SMILES string of the molecule is CN1CC2CN(Cc3ccc(C(F)(F)F)cc3)CCN2C1=O. The van der Waals surface area contributed by atoms with Crippen LogP contribution in [0.15, 0.2) is 24.3 Å². The minimum atomic E-state index is -4.29. The lowest BCUT2D eigenvalue weighted by Gasteiger charge is -2.36. The number of likely N-dealkylation sites (N-methyl/N-ethyl adjacent to an activating group) is 1. The number of carbonyl (C=O) groups excluding carboxylic acids is 1. The van der Waals surface area contributed by atoms with Crippen LogP contribution in [0.3, 0.4) is 0 Å². The van der Waals surface area contributed by atoms with Gasteiger partial charge in [-0.1, -0.05) is 12.1 Å². The number of urea groups is 1. The maximum atomic E-state index is 12.5. The molecule has 22 heavy (non-hydrogen) atoms. The Morgan fingerprint density at radius 2 is 1.82 bits per heavy atom. The van der Waals surface area contributed by atoms with Crippen molar-refractivity contribution >= 4 is 6.03 Å². The number of carbonyl (C=O) groups is 1. The van der Waals surface area contributed by atoms with Gasteiger partial charge >= 0.3 is 12.2 Å². The third kappa shape index (κ3) is 2.90. The van der Waals surface area contributed by atoms with E-state index in [1.165, 1.54) is 12.1 Å². The highest BCUT2D eigenvalue weighted by atomic mass is 19.4. The topological polar surface area (TPSA) is 26.8 Å². The molecule has 4 nitrogen and oxygen atoms in total. The lowest BCUT2D eigenvalue weighted by molar-refractivity contribution is -0.137. The van der Waals surface area contributed by atoms with Gasteiger partial charge in [-0.05, 0) is 17.7 Å². The summed E-state index contributed by atoms with van der Waals surface area (Å²) >= 11 is 0. The Morgan fingerprint density at radius 1 is 1.14 bits per heavy atom. The molecule has 7 heteroatoms. The zero-order chi connectivity index (χ0) is 15.9. The lowest BCUT2D eigenvalue weighted by atomic mass is 10.1. The summed E-state index contributed by atoms with van der Waals surface area (Å²) in [6.45, 7) is 3.51. The average molecular weight is 313 g/mol. The summed E-state index contributed by atoms with van der Waals surface area (Å²) < 4.78 is 37.6. The molecule has 0 N–H and O–H groups in total. The van der Waals surface area contributed by atoms with Crippen molar-refractivity contribution in [2.24, 2.45) is 0 Å². The molecule has 1 unspecified atom stereocenters. The molecule has 0 radical (unpaired) electrons. The highest BCUT2D eigenvalue weighted by Gasteiger charge is 2.38. The summed E-state index contributed by atoms with van der Waals surface area (Å²) in [7, 11) is 1.79. The van der Waals surface area contributed by atoms with E-state index in [0.717, 1.165) is 30.8 Å². The van der Waals surface area contributed by atoms with Gasteiger partial charge in [0.15, 0.2) is 0 Å². The smallest absolute Gasteiger partial charge is 0.326 e. The van der Waals surface area contributed by atoms with Gasteiger partial charge < -0.3 is 9.80 Å². The first-order valence-electron chi connectivity index (χ1n) is 7.25. The molecule has 1 aromatic carbocycles. The Hall–Kier alpha value is -1.76. The van der Waals surface area contributed by atoms with Crippen LogP contribution >= 0.6 is 0 Å². The molecule has 3 rings (SSSR count). The molecule has 120 valence electrons. The van der Waals surface area contributed by atoms with Crippen molar-refractivity contribution in [2.45, 2.75) is 18.8 Å². The van der Waals surface area contributed by atoms with Gasteiger partial charge in [-0.2, -0.15) is 13.2 Å². The van der Waals surface area contributed by atoms with E-state index in [1.54, 1.807) is 11.9 Å². The van der Waals surface area contributed by atoms with Crippen LogP contribution in [-0.2, 0) is 12.7 Å². The minimum absolute atomic E-state index is 0.0687. The molecule has 2 heterocycles. The molecule has 2 fully saturated rings. The van der Waals surface area contributed by atoms with E-state index >= 15 is 0 Å². The quantitative estimate of drug-likeness (QED) is 0.837. The molecule has 0 aliphatic carbocycles. The Kier molecular flexibility index (Phi) is 3.76. The Morgan fingerprint density at radius 3 is 2.45 bits per heavy atom. The van der Waals surface area contributed by atoms with Crippen molar-refractivity contribution in [2.75, 3.05) is 33.2 Å². The van der Waals surface area contributed by atoms with Gasteiger partial charge in [-0.15, -0.1) is 0 Å². The Bertz CT molecular complexity index is 558. The fraction of sp³-hybridized carbons (Fsp3) is 0.533. The summed E-state index contributed by atoms with van der Waals surface area (Å²) in [5, 5.41) is 0. The maximum Gasteiger partial charge on any atom is 0.416 e. The predicted octanol–water partition coefficient (Wildman–Crippen LogP) is 2.26. The molecule has 0 aromatic heterocycles. The highest BCUT2D eigenvalue weighted by molar-refractivity contribution is 5.77. The summed E-state index contributed by atoms with van der Waals surface area (Å²) in [6, 6.07) is 5.55. The number of halogens is 3. The standard InChI is InChI=1S/C15H18F3N3O/c1-19-9-13-10-20(6-7-21(13)14(19)22)8-11-2-4-12(5-3-11)15(16,17)18/h2-5,13H,6-10H2,1H3. The third-order valence-corrected chi connectivity index (χ3v) is 4.31. The first kappa shape index (κ1) is 15.1. The third-order valence-electron chi connectivity index (χ3n) is 4.31. The second-order valence-electron chi connectivity index (χ2n) is 5.94. The van der Waals surface area contributed by atoms with Crippen molar-refractivity contribution < 1.29 is 18.0 Å². The molecule has 2 aliphatic rings. The van der Waals surface area contributed by atoms with Crippen molar-refractivity contribution in [3.8, 4) is 0 Å². The first-order valence-corrected chi connectivity index (χ1v) is 7.25. The highest BCUT2D eigenvalue weighted by Crippen LogP contribution is 2.29. The number of nitrogens with zero attached hydrogens (tertiary/aromatic N) is 3. The van der Waals surface area contributed by atoms with Crippen LogP contribution < -0.4 is 0 Å². The van der Waals surface area contributed by atoms with Crippen molar-refractivity contribution in [3.63, 3.8) is 0 Å². The molecule has 1 aromatic rings. The number of piperazine rings is 1. The zero-order valence-electron chi connectivity index (χ0n) is 12.3. The lowest BCUT2D eigenvalue weighted by Crippen LogP contribution is -2.51. The minimum Gasteiger partial charge on any atom is -0.326 e. The van der Waals surface area contributed by atoms with E-state index in [1.807, 2.05) is 4.90 Å². The molecule has 0 bridgehead atoms. The largest absolute Gasteiger partial charge is 0.416 e. The average Bonchev–Trinajstić information content (AvgIpc) is 2.73. The second kappa shape index (κ2) is 5.46. The van der Waals surface area contributed by atoms with Crippen molar-refractivity contribution in [1.82, 2.24) is 14.7 Å². The number of hydrogen-bond acceptors (Lipinski definition) is 2. The van der Waals surface area contributed by atoms with E-state index in [2.05, 4.69) is 4.90 Å². The molecule has 2 aliphatic heterocycles. The van der Waals surface area contributed by atoms with E-state index in [4.69, 9.17) is 0 Å². The zero-order valence-corrected chi connectivity index (χ0v) is 12.3.